The van der Waals surface area contributed by atoms with Gasteiger partial charge in [0.15, 0.2) is 15.1 Å². The smallest absolute Gasteiger partial charge is 0.210 e. The van der Waals surface area contributed by atoms with Gasteiger partial charge in [-0.15, -0.1) is 21.5 Å². The fourth-order valence-electron chi connectivity index (χ4n) is 1.99. The highest BCUT2D eigenvalue weighted by Crippen LogP contribution is 2.31. The second-order valence-corrected chi connectivity index (χ2v) is 7.83. The Labute approximate surface area is 150 Å². The van der Waals surface area contributed by atoms with Crippen molar-refractivity contribution in [3.8, 4) is 10.8 Å². The summed E-state index contributed by atoms with van der Waals surface area (Å²) in [6, 6.07) is 13.7. The van der Waals surface area contributed by atoms with E-state index in [0.29, 0.717) is 0 Å². The largest absolute Gasteiger partial charge is 0.462 e. The average molecular weight is 373 g/mol. The molecule has 1 aromatic carbocycles. The zero-order valence-electron chi connectivity index (χ0n) is 12.4. The van der Waals surface area contributed by atoms with Crippen molar-refractivity contribution >= 4 is 45.3 Å². The molecule has 0 aliphatic carbocycles. The maximum absolute atomic E-state index is 5.37. The number of nitrogens with zero attached hydrogens (tertiary/aromatic N) is 3. The summed E-state index contributed by atoms with van der Waals surface area (Å²) in [7, 11) is 0. The van der Waals surface area contributed by atoms with Gasteiger partial charge in [-0.05, 0) is 24.3 Å². The van der Waals surface area contributed by atoms with Crippen molar-refractivity contribution < 1.29 is 4.42 Å². The highest BCUT2D eigenvalue weighted by atomic mass is 32.2. The summed E-state index contributed by atoms with van der Waals surface area (Å²) in [5, 5.41) is 15.4. The van der Waals surface area contributed by atoms with Crippen LogP contribution in [0.1, 0.15) is 5.69 Å². The second-order valence-electron chi connectivity index (χ2n) is 4.77. The molecule has 0 saturated heterocycles. The van der Waals surface area contributed by atoms with Crippen LogP contribution in [0.25, 0.3) is 10.8 Å². The second kappa shape index (κ2) is 7.16. The molecular formula is C16H12N4OS3. The van der Waals surface area contributed by atoms with Crippen molar-refractivity contribution in [2.75, 3.05) is 5.32 Å². The van der Waals surface area contributed by atoms with Crippen LogP contribution in [-0.4, -0.2) is 15.2 Å². The summed E-state index contributed by atoms with van der Waals surface area (Å²) in [5.41, 5.74) is 2.02. The summed E-state index contributed by atoms with van der Waals surface area (Å²) in [5.74, 6) is 1.57. The lowest BCUT2D eigenvalue weighted by atomic mass is 10.3. The first kappa shape index (κ1) is 15.4. The minimum Gasteiger partial charge on any atom is -0.462 e. The molecule has 1 N–H and O–H groups in total. The van der Waals surface area contributed by atoms with Gasteiger partial charge in [-0.3, -0.25) is 0 Å². The van der Waals surface area contributed by atoms with Crippen LogP contribution in [-0.2, 0) is 5.75 Å². The maximum Gasteiger partial charge on any atom is 0.210 e. The fourth-order valence-corrected chi connectivity index (χ4v) is 4.54. The molecule has 0 radical (unpaired) electrons. The Morgan fingerprint density at radius 3 is 2.83 bits per heavy atom. The first-order chi connectivity index (χ1) is 11.9. The van der Waals surface area contributed by atoms with Gasteiger partial charge in [0.25, 0.3) is 0 Å². The Morgan fingerprint density at radius 2 is 2.00 bits per heavy atom. The topological polar surface area (TPSA) is 63.8 Å². The first-order valence-electron chi connectivity index (χ1n) is 7.13. The van der Waals surface area contributed by atoms with Gasteiger partial charge in [-0.2, -0.15) is 0 Å². The molecule has 0 atom stereocenters. The molecule has 0 saturated carbocycles. The minimum atomic E-state index is 0.761. The quantitative estimate of drug-likeness (QED) is 0.464. The number of para-hydroxylation sites is 1. The number of thioether (sulfide) groups is 1. The van der Waals surface area contributed by atoms with Gasteiger partial charge in [-0.1, -0.05) is 41.3 Å². The summed E-state index contributed by atoms with van der Waals surface area (Å²) in [4.78, 5) is 4.59. The summed E-state index contributed by atoms with van der Waals surface area (Å²) in [6.45, 7) is 0. The zero-order valence-corrected chi connectivity index (χ0v) is 14.8. The van der Waals surface area contributed by atoms with Crippen molar-refractivity contribution in [1.29, 1.82) is 0 Å². The van der Waals surface area contributed by atoms with E-state index in [-0.39, 0.29) is 0 Å². The number of nitrogens with one attached hydrogen (secondary N) is 1. The van der Waals surface area contributed by atoms with Crippen LogP contribution in [0.5, 0.6) is 0 Å². The van der Waals surface area contributed by atoms with E-state index in [0.717, 1.165) is 37.4 Å². The Kier molecular flexibility index (Phi) is 4.59. The molecule has 0 aliphatic heterocycles. The predicted octanol–water partition coefficient (Wildman–Crippen LogP) is 5.29. The number of furan rings is 1. The third kappa shape index (κ3) is 3.66. The predicted molar refractivity (Wildman–Crippen MR) is 99.0 cm³/mol. The molecule has 3 heterocycles. The molecular weight excluding hydrogens is 360 g/mol. The number of anilines is 2. The lowest BCUT2D eigenvalue weighted by Crippen LogP contribution is -1.87. The highest BCUT2D eigenvalue weighted by Gasteiger charge is 2.09. The molecule has 8 heteroatoms. The van der Waals surface area contributed by atoms with Crippen LogP contribution < -0.4 is 5.32 Å². The monoisotopic (exact) mass is 372 g/mol. The van der Waals surface area contributed by atoms with E-state index in [1.807, 2.05) is 42.5 Å². The standard InChI is InChI=1S/C16H12N4OS3/c1-2-5-11(6-3-1)18-15-19-20-16(24-15)23-10-12-9-22-14(17-12)13-7-4-8-21-13/h1-9H,10H2,(H,18,19). The normalized spacial score (nSPS) is 10.8. The van der Waals surface area contributed by atoms with Crippen molar-refractivity contribution in [1.82, 2.24) is 15.2 Å². The van der Waals surface area contributed by atoms with Crippen LogP contribution in [0.4, 0.5) is 10.8 Å². The molecule has 4 rings (SSSR count). The Bertz CT molecular complexity index is 902. The summed E-state index contributed by atoms with van der Waals surface area (Å²) in [6.07, 6.45) is 1.66. The van der Waals surface area contributed by atoms with E-state index < -0.39 is 0 Å². The Hall–Kier alpha value is -2.16. The molecule has 0 aliphatic rings. The van der Waals surface area contributed by atoms with Crippen LogP contribution in [0, 0.1) is 0 Å². The van der Waals surface area contributed by atoms with Crippen LogP contribution in [0.3, 0.4) is 0 Å². The van der Waals surface area contributed by atoms with Crippen LogP contribution in [0.2, 0.25) is 0 Å². The minimum absolute atomic E-state index is 0.761. The van der Waals surface area contributed by atoms with Gasteiger partial charge < -0.3 is 9.73 Å². The van der Waals surface area contributed by atoms with Crippen molar-refractivity contribution in [2.24, 2.45) is 0 Å². The number of hydrogen-bond donors (Lipinski definition) is 1. The van der Waals surface area contributed by atoms with Crippen molar-refractivity contribution in [3.63, 3.8) is 0 Å². The number of aromatic nitrogens is 3. The van der Waals surface area contributed by atoms with E-state index in [9.17, 15) is 0 Å². The fraction of sp³-hybridized carbons (Fsp3) is 0.0625. The van der Waals surface area contributed by atoms with Crippen LogP contribution >= 0.6 is 34.4 Å². The van der Waals surface area contributed by atoms with E-state index in [2.05, 4.69) is 25.9 Å². The zero-order chi connectivity index (χ0) is 16.2. The van der Waals surface area contributed by atoms with Gasteiger partial charge in [0.05, 0.1) is 12.0 Å². The highest BCUT2D eigenvalue weighted by molar-refractivity contribution is 8.00. The third-order valence-corrected chi connectivity index (χ3v) is 5.97. The van der Waals surface area contributed by atoms with E-state index in [1.54, 1.807) is 29.4 Å². The molecule has 0 spiro atoms. The molecule has 3 aromatic heterocycles. The summed E-state index contributed by atoms with van der Waals surface area (Å²) < 4.78 is 6.29. The van der Waals surface area contributed by atoms with Crippen molar-refractivity contribution in [2.45, 2.75) is 10.1 Å². The molecule has 24 heavy (non-hydrogen) atoms. The lowest BCUT2D eigenvalue weighted by Gasteiger charge is -1.99. The molecule has 0 unspecified atom stereocenters. The third-order valence-electron chi connectivity index (χ3n) is 3.06. The molecule has 0 amide bonds. The number of benzene rings is 1. The SMILES string of the molecule is c1ccc(Nc2nnc(SCc3csc(-c4ccco4)n3)s2)cc1. The van der Waals surface area contributed by atoms with Crippen LogP contribution in [0.15, 0.2) is 62.9 Å². The molecule has 0 fully saturated rings. The first-order valence-corrected chi connectivity index (χ1v) is 9.82. The van der Waals surface area contributed by atoms with E-state index >= 15 is 0 Å². The van der Waals surface area contributed by atoms with E-state index in [1.165, 1.54) is 11.3 Å². The van der Waals surface area contributed by atoms with Gasteiger partial charge in [0.1, 0.15) is 0 Å². The van der Waals surface area contributed by atoms with Gasteiger partial charge in [-0.25, -0.2) is 4.98 Å². The van der Waals surface area contributed by atoms with Gasteiger partial charge >= 0.3 is 0 Å². The Balaban J connectivity index is 1.36. The van der Waals surface area contributed by atoms with Crippen molar-refractivity contribution in [3.05, 3.63) is 59.8 Å². The number of rotatable bonds is 6. The van der Waals surface area contributed by atoms with Gasteiger partial charge in [0.2, 0.25) is 5.13 Å². The lowest BCUT2D eigenvalue weighted by molar-refractivity contribution is 0.581. The number of thiazole rings is 1. The average Bonchev–Trinajstić information content (AvgIpc) is 3.35. The summed E-state index contributed by atoms with van der Waals surface area (Å²) >= 11 is 4.76. The molecule has 120 valence electrons. The molecule has 5 nitrogen and oxygen atoms in total. The Morgan fingerprint density at radius 1 is 1.08 bits per heavy atom. The van der Waals surface area contributed by atoms with Gasteiger partial charge in [0, 0.05) is 16.8 Å². The molecule has 4 aromatic rings. The number of hydrogen-bond acceptors (Lipinski definition) is 8. The molecule has 0 bridgehead atoms. The van der Waals surface area contributed by atoms with E-state index in [4.69, 9.17) is 4.42 Å². The maximum atomic E-state index is 5.37.